The predicted octanol–water partition coefficient (Wildman–Crippen LogP) is 4.65. The Kier molecular flexibility index (Phi) is 7.02. The number of benzene rings is 4. The predicted molar refractivity (Wildman–Crippen MR) is 137 cm³/mol. The average Bonchev–Trinajstić information content (AvgIpc) is 2.91. The maximum Gasteiger partial charge on any atom is 0.337 e. The van der Waals surface area contributed by atoms with Crippen molar-refractivity contribution in [3.63, 3.8) is 0 Å². The summed E-state index contributed by atoms with van der Waals surface area (Å²) >= 11 is 0. The Bertz CT molecular complexity index is 1660. The van der Waals surface area contributed by atoms with Crippen LogP contribution in [0.25, 0.3) is 22.3 Å². The lowest BCUT2D eigenvalue weighted by atomic mass is 9.95. The number of rotatable bonds is 8. The van der Waals surface area contributed by atoms with Crippen LogP contribution >= 0.6 is 0 Å². The summed E-state index contributed by atoms with van der Waals surface area (Å²) in [5.74, 6) is -6.18. The SMILES string of the molecule is O=C(O)c1cccc(-c2ccccc2S(=O)(=O)c2ccccc2-c2cccc(C(=O)O)c2C(=O)O)c1C(=O)O. The largest absolute Gasteiger partial charge is 0.478 e. The van der Waals surface area contributed by atoms with Gasteiger partial charge in [-0.3, -0.25) is 0 Å². The summed E-state index contributed by atoms with van der Waals surface area (Å²) in [5.41, 5.74) is -2.78. The minimum absolute atomic E-state index is 0.0921. The molecule has 0 fully saturated rings. The smallest absolute Gasteiger partial charge is 0.337 e. The molecule has 0 unspecified atom stereocenters. The van der Waals surface area contributed by atoms with Gasteiger partial charge in [0.25, 0.3) is 0 Å². The van der Waals surface area contributed by atoms with E-state index in [0.717, 1.165) is 12.1 Å². The van der Waals surface area contributed by atoms with Gasteiger partial charge in [-0.15, -0.1) is 0 Å². The van der Waals surface area contributed by atoms with Crippen molar-refractivity contribution < 1.29 is 48.0 Å². The van der Waals surface area contributed by atoms with E-state index in [0.29, 0.717) is 0 Å². The van der Waals surface area contributed by atoms with Crippen LogP contribution in [0.1, 0.15) is 41.4 Å². The fourth-order valence-electron chi connectivity index (χ4n) is 4.34. The normalized spacial score (nSPS) is 11.1. The maximum atomic E-state index is 14.1. The first-order valence-corrected chi connectivity index (χ1v) is 12.6. The molecule has 0 radical (unpaired) electrons. The second-order valence-corrected chi connectivity index (χ2v) is 10.1. The van der Waals surface area contributed by atoms with Crippen molar-refractivity contribution in [2.45, 2.75) is 9.79 Å². The third-order valence-electron chi connectivity index (χ3n) is 5.95. The van der Waals surface area contributed by atoms with Gasteiger partial charge in [0.15, 0.2) is 0 Å². The first-order valence-electron chi connectivity index (χ1n) is 11.1. The van der Waals surface area contributed by atoms with Crippen LogP contribution in [0.4, 0.5) is 0 Å². The standard InChI is InChI=1S/C28H18O10S/c29-25(30)19-11-5-9-17(23(19)27(33)34)15-7-1-3-13-21(15)39(37,38)22-14-4-2-8-16(22)18-10-6-12-20(26(31)32)24(18)28(35)36/h1-14H,(H,29,30)(H,31,32)(H,33,34)(H,35,36). The van der Waals surface area contributed by atoms with Crippen molar-refractivity contribution in [1.82, 2.24) is 0 Å². The quantitative estimate of drug-likeness (QED) is 0.243. The van der Waals surface area contributed by atoms with Crippen molar-refractivity contribution in [3.05, 3.63) is 107 Å². The second-order valence-electron chi connectivity index (χ2n) is 8.17. The lowest BCUT2D eigenvalue weighted by Gasteiger charge is -2.17. The van der Waals surface area contributed by atoms with Gasteiger partial charge in [0, 0.05) is 11.1 Å². The van der Waals surface area contributed by atoms with Crippen molar-refractivity contribution >= 4 is 33.7 Å². The molecule has 0 bridgehead atoms. The van der Waals surface area contributed by atoms with E-state index in [1.807, 2.05) is 0 Å². The van der Waals surface area contributed by atoms with Crippen molar-refractivity contribution in [1.29, 1.82) is 0 Å². The Morgan fingerprint density at radius 1 is 0.436 bits per heavy atom. The molecule has 4 aromatic carbocycles. The molecule has 0 aliphatic carbocycles. The number of carboxylic acid groups (broad SMARTS) is 4. The molecule has 0 heterocycles. The third-order valence-corrected chi connectivity index (χ3v) is 7.82. The van der Waals surface area contributed by atoms with Gasteiger partial charge in [0.1, 0.15) is 0 Å². The Morgan fingerprint density at radius 3 is 1.10 bits per heavy atom. The molecule has 0 amide bonds. The molecule has 0 aliphatic heterocycles. The van der Waals surface area contributed by atoms with Crippen LogP contribution in [0.3, 0.4) is 0 Å². The van der Waals surface area contributed by atoms with Gasteiger partial charge in [-0.2, -0.15) is 0 Å². The van der Waals surface area contributed by atoms with Crippen LogP contribution in [0, 0.1) is 0 Å². The van der Waals surface area contributed by atoms with Gasteiger partial charge in [0.2, 0.25) is 9.84 Å². The maximum absolute atomic E-state index is 14.1. The summed E-state index contributed by atoms with van der Waals surface area (Å²) in [7, 11) is -4.53. The molecule has 4 rings (SSSR count). The molecule has 0 atom stereocenters. The van der Waals surface area contributed by atoms with Crippen LogP contribution in [0.2, 0.25) is 0 Å². The van der Waals surface area contributed by atoms with Crippen molar-refractivity contribution in [2.75, 3.05) is 0 Å². The topological polar surface area (TPSA) is 183 Å². The minimum atomic E-state index is -4.53. The molecular weight excluding hydrogens is 528 g/mol. The van der Waals surface area contributed by atoms with E-state index in [1.54, 1.807) is 0 Å². The van der Waals surface area contributed by atoms with Crippen LogP contribution < -0.4 is 0 Å². The fourth-order valence-corrected chi connectivity index (χ4v) is 6.02. The second kappa shape index (κ2) is 10.2. The Labute approximate surface area is 221 Å². The van der Waals surface area contributed by atoms with Gasteiger partial charge >= 0.3 is 23.9 Å². The van der Waals surface area contributed by atoms with Crippen LogP contribution in [0.5, 0.6) is 0 Å². The summed E-state index contributed by atoms with van der Waals surface area (Å²) < 4.78 is 28.2. The molecule has 0 aromatic heterocycles. The molecule has 0 spiro atoms. The van der Waals surface area contributed by atoms with E-state index in [9.17, 15) is 48.0 Å². The summed E-state index contributed by atoms with van der Waals surface area (Å²) in [4.78, 5) is 46.8. The summed E-state index contributed by atoms with van der Waals surface area (Å²) in [6.07, 6.45) is 0. The van der Waals surface area contributed by atoms with Gasteiger partial charge in [-0.25, -0.2) is 27.6 Å². The van der Waals surface area contributed by atoms with E-state index in [1.165, 1.54) is 72.8 Å². The van der Waals surface area contributed by atoms with Crippen LogP contribution in [-0.4, -0.2) is 52.7 Å². The van der Waals surface area contributed by atoms with E-state index in [-0.39, 0.29) is 32.0 Å². The van der Waals surface area contributed by atoms with Gasteiger partial charge in [-0.1, -0.05) is 60.7 Å². The van der Waals surface area contributed by atoms with E-state index < -0.39 is 56.0 Å². The highest BCUT2D eigenvalue weighted by molar-refractivity contribution is 7.91. The molecule has 0 aliphatic rings. The molecule has 0 saturated carbocycles. The summed E-state index contributed by atoms with van der Waals surface area (Å²) in [6, 6.07) is 18.1. The lowest BCUT2D eigenvalue weighted by molar-refractivity contribution is 0.0652. The summed E-state index contributed by atoms with van der Waals surface area (Å²) in [5, 5.41) is 38.6. The number of carbonyl (C=O) groups is 4. The first-order chi connectivity index (χ1) is 18.5. The van der Waals surface area contributed by atoms with Gasteiger partial charge < -0.3 is 20.4 Å². The van der Waals surface area contributed by atoms with Crippen LogP contribution in [0.15, 0.2) is 94.7 Å². The highest BCUT2D eigenvalue weighted by Gasteiger charge is 2.30. The molecule has 10 nitrogen and oxygen atoms in total. The number of aromatic carboxylic acids is 4. The van der Waals surface area contributed by atoms with E-state index in [4.69, 9.17) is 0 Å². The van der Waals surface area contributed by atoms with Crippen molar-refractivity contribution in [2.24, 2.45) is 0 Å². The van der Waals surface area contributed by atoms with Crippen LogP contribution in [-0.2, 0) is 9.84 Å². The zero-order valence-electron chi connectivity index (χ0n) is 19.7. The fraction of sp³-hybridized carbons (Fsp3) is 0. The molecule has 11 heteroatoms. The van der Waals surface area contributed by atoms with Crippen molar-refractivity contribution in [3.8, 4) is 22.3 Å². The molecule has 196 valence electrons. The Hall–Kier alpha value is -5.29. The monoisotopic (exact) mass is 546 g/mol. The number of carboxylic acids is 4. The number of hydrogen-bond acceptors (Lipinski definition) is 6. The highest BCUT2D eigenvalue weighted by Crippen LogP contribution is 2.39. The molecule has 4 aromatic rings. The van der Waals surface area contributed by atoms with E-state index >= 15 is 0 Å². The first kappa shape index (κ1) is 26.8. The molecule has 4 N–H and O–H groups in total. The Morgan fingerprint density at radius 2 is 0.769 bits per heavy atom. The summed E-state index contributed by atoms with van der Waals surface area (Å²) in [6.45, 7) is 0. The highest BCUT2D eigenvalue weighted by atomic mass is 32.2. The zero-order chi connectivity index (χ0) is 28.5. The minimum Gasteiger partial charge on any atom is -0.478 e. The zero-order valence-corrected chi connectivity index (χ0v) is 20.5. The van der Waals surface area contributed by atoms with Gasteiger partial charge in [-0.05, 0) is 35.4 Å². The number of hydrogen-bond donors (Lipinski definition) is 4. The molecular formula is C28H18O10S. The van der Waals surface area contributed by atoms with Gasteiger partial charge in [0.05, 0.1) is 32.0 Å². The third kappa shape index (κ3) is 4.74. The molecule has 0 saturated heterocycles. The van der Waals surface area contributed by atoms with E-state index in [2.05, 4.69) is 0 Å². The molecule has 39 heavy (non-hydrogen) atoms. The lowest BCUT2D eigenvalue weighted by Crippen LogP contribution is -2.13. The number of sulfone groups is 1. The Balaban J connectivity index is 2.03. The average molecular weight is 547 g/mol.